The van der Waals surface area contributed by atoms with Crippen LogP contribution in [0.1, 0.15) is 43.1 Å². The van der Waals surface area contributed by atoms with Crippen LogP contribution in [-0.4, -0.2) is 35.0 Å². The van der Waals surface area contributed by atoms with Crippen LogP contribution in [-0.2, 0) is 11.0 Å². The summed E-state index contributed by atoms with van der Waals surface area (Å²) < 4.78 is 50.7. The lowest BCUT2D eigenvalue weighted by molar-refractivity contribution is -0.142. The molecule has 1 aliphatic carbocycles. The van der Waals surface area contributed by atoms with Gasteiger partial charge in [-0.1, -0.05) is 0 Å². The minimum absolute atomic E-state index is 0.0166. The number of hydrazine groups is 1. The fourth-order valence-electron chi connectivity index (χ4n) is 2.93. The van der Waals surface area contributed by atoms with Crippen molar-refractivity contribution in [1.82, 2.24) is 20.6 Å². The van der Waals surface area contributed by atoms with E-state index in [1.807, 2.05) is 0 Å². The maximum Gasteiger partial charge on any atom is 0.435 e. The molecule has 168 valence electrons. The Kier molecular flexibility index (Phi) is 6.58. The van der Waals surface area contributed by atoms with Gasteiger partial charge in [-0.3, -0.25) is 20.3 Å². The number of nitrogens with zero attached hydrogens (tertiary/aromatic N) is 2. The van der Waals surface area contributed by atoms with Crippen LogP contribution in [0.2, 0.25) is 0 Å². The fraction of sp³-hybridized carbons (Fsp3) is 0.421. The molecule has 1 fully saturated rings. The molecule has 1 saturated carbocycles. The molecule has 8 nitrogen and oxygen atoms in total. The average Bonchev–Trinajstić information content (AvgIpc) is 3.48. The SMILES string of the molecule is COc1ccc(NC(=S)NNC(=O)[C@H](C)n2nc(C(F)(F)F)cc2C2CC2)c(OC)c1. The van der Waals surface area contributed by atoms with Crippen LogP contribution in [0, 0.1) is 0 Å². The lowest BCUT2D eigenvalue weighted by atomic mass is 10.2. The van der Waals surface area contributed by atoms with E-state index in [0.29, 0.717) is 22.9 Å². The minimum atomic E-state index is -4.58. The number of ether oxygens (including phenoxy) is 2. The first-order chi connectivity index (χ1) is 14.6. The van der Waals surface area contributed by atoms with Gasteiger partial charge < -0.3 is 14.8 Å². The van der Waals surface area contributed by atoms with Crippen molar-refractivity contribution in [3.05, 3.63) is 35.7 Å². The molecular weight excluding hydrogens is 435 g/mol. The van der Waals surface area contributed by atoms with Crippen molar-refractivity contribution in [3.63, 3.8) is 0 Å². The fourth-order valence-corrected chi connectivity index (χ4v) is 3.09. The summed E-state index contributed by atoms with van der Waals surface area (Å²) in [5, 5.41) is 6.55. The Morgan fingerprint density at radius 1 is 1.23 bits per heavy atom. The monoisotopic (exact) mass is 457 g/mol. The third kappa shape index (κ3) is 5.37. The van der Waals surface area contributed by atoms with Crippen LogP contribution in [0.3, 0.4) is 0 Å². The van der Waals surface area contributed by atoms with Crippen molar-refractivity contribution in [2.45, 2.75) is 37.9 Å². The molecule has 2 aromatic rings. The second-order valence-corrected chi connectivity index (χ2v) is 7.39. The molecule has 0 unspecified atom stereocenters. The Labute approximate surface area is 182 Å². The van der Waals surface area contributed by atoms with Gasteiger partial charge in [0.05, 0.1) is 19.9 Å². The summed E-state index contributed by atoms with van der Waals surface area (Å²) in [6.07, 6.45) is -3.03. The van der Waals surface area contributed by atoms with E-state index in [2.05, 4.69) is 21.3 Å². The minimum Gasteiger partial charge on any atom is -0.497 e. The van der Waals surface area contributed by atoms with E-state index in [1.165, 1.54) is 21.1 Å². The predicted octanol–water partition coefficient (Wildman–Crippen LogP) is 3.38. The molecule has 12 heteroatoms. The van der Waals surface area contributed by atoms with E-state index < -0.39 is 23.8 Å². The van der Waals surface area contributed by atoms with E-state index in [4.69, 9.17) is 21.7 Å². The number of amides is 1. The molecule has 1 heterocycles. The molecule has 1 aromatic heterocycles. The smallest absolute Gasteiger partial charge is 0.435 e. The second-order valence-electron chi connectivity index (χ2n) is 6.98. The van der Waals surface area contributed by atoms with Crippen LogP contribution in [0.4, 0.5) is 18.9 Å². The third-order valence-corrected chi connectivity index (χ3v) is 4.96. The molecule has 1 aromatic carbocycles. The number of methoxy groups -OCH3 is 2. The molecule has 1 amide bonds. The van der Waals surface area contributed by atoms with Crippen molar-refractivity contribution in [1.29, 1.82) is 0 Å². The predicted molar refractivity (Wildman–Crippen MR) is 111 cm³/mol. The number of carbonyl (C=O) groups is 1. The number of rotatable bonds is 6. The summed E-state index contributed by atoms with van der Waals surface area (Å²) in [6, 6.07) is 5.07. The number of carbonyl (C=O) groups excluding carboxylic acids is 1. The largest absolute Gasteiger partial charge is 0.497 e. The number of hydrogen-bond donors (Lipinski definition) is 3. The molecule has 0 bridgehead atoms. The van der Waals surface area contributed by atoms with Gasteiger partial charge >= 0.3 is 6.18 Å². The molecule has 0 aliphatic heterocycles. The molecule has 31 heavy (non-hydrogen) atoms. The highest BCUT2D eigenvalue weighted by Gasteiger charge is 2.39. The summed E-state index contributed by atoms with van der Waals surface area (Å²) in [5.41, 5.74) is 4.85. The number of hydrogen-bond acceptors (Lipinski definition) is 5. The maximum absolute atomic E-state index is 13.1. The Morgan fingerprint density at radius 3 is 2.52 bits per heavy atom. The van der Waals surface area contributed by atoms with E-state index in [1.54, 1.807) is 18.2 Å². The summed E-state index contributed by atoms with van der Waals surface area (Å²) in [5.74, 6) is 0.447. The number of anilines is 1. The standard InChI is InChI=1S/C19H22F3N5O3S/c1-10(27-14(11-4-5-11)9-16(26-27)19(20,21)22)17(28)24-25-18(31)23-13-7-6-12(29-2)8-15(13)30-3/h6-11H,4-5H2,1-3H3,(H,24,28)(H2,23,25,31)/t10-/m0/s1. The van der Waals surface area contributed by atoms with Crippen molar-refractivity contribution in [2.24, 2.45) is 0 Å². The number of nitrogens with one attached hydrogen (secondary N) is 3. The zero-order valence-electron chi connectivity index (χ0n) is 17.0. The van der Waals surface area contributed by atoms with Gasteiger partial charge in [0.1, 0.15) is 17.5 Å². The van der Waals surface area contributed by atoms with E-state index in [-0.39, 0.29) is 11.0 Å². The zero-order valence-corrected chi connectivity index (χ0v) is 17.9. The Hall–Kier alpha value is -3.02. The number of alkyl halides is 3. The van der Waals surface area contributed by atoms with E-state index in [0.717, 1.165) is 23.6 Å². The highest BCUT2D eigenvalue weighted by molar-refractivity contribution is 7.80. The Bertz CT molecular complexity index is 975. The number of benzene rings is 1. The van der Waals surface area contributed by atoms with Gasteiger partial charge in [-0.2, -0.15) is 18.3 Å². The molecule has 0 spiro atoms. The summed E-state index contributed by atoms with van der Waals surface area (Å²) in [4.78, 5) is 12.5. The third-order valence-electron chi connectivity index (χ3n) is 4.75. The lowest BCUT2D eigenvalue weighted by Crippen LogP contribution is -2.46. The van der Waals surface area contributed by atoms with Gasteiger partial charge in [-0.25, -0.2) is 0 Å². The van der Waals surface area contributed by atoms with E-state index in [9.17, 15) is 18.0 Å². The van der Waals surface area contributed by atoms with Crippen LogP contribution >= 0.6 is 12.2 Å². The topological polar surface area (TPSA) is 89.4 Å². The van der Waals surface area contributed by atoms with Gasteiger partial charge in [-0.05, 0) is 50.2 Å². The maximum atomic E-state index is 13.1. The molecule has 3 rings (SSSR count). The quantitative estimate of drug-likeness (QED) is 0.453. The Balaban J connectivity index is 1.63. The Morgan fingerprint density at radius 2 is 1.94 bits per heavy atom. The van der Waals surface area contributed by atoms with E-state index >= 15 is 0 Å². The number of aromatic nitrogens is 2. The van der Waals surface area contributed by atoms with Crippen molar-refractivity contribution >= 4 is 28.9 Å². The lowest BCUT2D eigenvalue weighted by Gasteiger charge is -2.18. The second kappa shape index (κ2) is 9.00. The van der Waals surface area contributed by atoms with Gasteiger partial charge in [0, 0.05) is 17.7 Å². The normalized spacial score (nSPS) is 14.5. The highest BCUT2D eigenvalue weighted by atomic mass is 32.1. The van der Waals surface area contributed by atoms with Crippen molar-refractivity contribution < 1.29 is 27.4 Å². The number of thiocarbonyl (C=S) groups is 1. The zero-order chi connectivity index (χ0) is 22.8. The van der Waals surface area contributed by atoms with Crippen molar-refractivity contribution in [3.8, 4) is 11.5 Å². The van der Waals surface area contributed by atoms with Crippen LogP contribution in [0.15, 0.2) is 24.3 Å². The first kappa shape index (κ1) is 22.7. The first-order valence-corrected chi connectivity index (χ1v) is 9.80. The van der Waals surface area contributed by atoms with Crippen LogP contribution < -0.4 is 25.6 Å². The number of halogens is 3. The summed E-state index contributed by atoms with van der Waals surface area (Å²) in [6.45, 7) is 1.47. The van der Waals surface area contributed by atoms with Gasteiger partial charge in [-0.15, -0.1) is 0 Å². The molecule has 0 radical (unpaired) electrons. The average molecular weight is 457 g/mol. The van der Waals surface area contributed by atoms with Crippen LogP contribution in [0.25, 0.3) is 0 Å². The molecular formula is C19H22F3N5O3S. The first-order valence-electron chi connectivity index (χ1n) is 9.39. The molecule has 1 atom stereocenters. The summed E-state index contributed by atoms with van der Waals surface area (Å²) >= 11 is 5.16. The van der Waals surface area contributed by atoms with Gasteiger partial charge in [0.15, 0.2) is 10.8 Å². The molecule has 0 saturated heterocycles. The molecule has 1 aliphatic rings. The van der Waals surface area contributed by atoms with Crippen LogP contribution in [0.5, 0.6) is 11.5 Å². The summed E-state index contributed by atoms with van der Waals surface area (Å²) in [7, 11) is 3.01. The highest BCUT2D eigenvalue weighted by Crippen LogP contribution is 2.43. The van der Waals surface area contributed by atoms with Crippen molar-refractivity contribution in [2.75, 3.05) is 19.5 Å². The van der Waals surface area contributed by atoms with Gasteiger partial charge in [0.25, 0.3) is 5.91 Å². The van der Waals surface area contributed by atoms with Gasteiger partial charge in [0.2, 0.25) is 0 Å². The molecule has 3 N–H and O–H groups in total.